The third-order valence-electron chi connectivity index (χ3n) is 2.16. The van der Waals surface area contributed by atoms with E-state index in [9.17, 15) is 4.39 Å². The molecule has 0 unspecified atom stereocenters. The van der Waals surface area contributed by atoms with Crippen LogP contribution in [-0.4, -0.2) is 0 Å². The van der Waals surface area contributed by atoms with Crippen LogP contribution in [0.3, 0.4) is 0 Å². The molecular formula is C13H10BrFO. The topological polar surface area (TPSA) is 9.23 Å². The summed E-state index contributed by atoms with van der Waals surface area (Å²) in [5.41, 5.74) is 1.08. The van der Waals surface area contributed by atoms with Gasteiger partial charge in [-0.05, 0) is 42.8 Å². The summed E-state index contributed by atoms with van der Waals surface area (Å²) in [6.45, 7) is 1.97. The SMILES string of the molecule is Cc1cc(Oc2cccc(F)c2)ccc1Br. The van der Waals surface area contributed by atoms with E-state index in [2.05, 4.69) is 15.9 Å². The highest BCUT2D eigenvalue weighted by Crippen LogP contribution is 2.26. The van der Waals surface area contributed by atoms with Crippen LogP contribution in [0, 0.1) is 12.7 Å². The zero-order valence-corrected chi connectivity index (χ0v) is 10.3. The van der Waals surface area contributed by atoms with Gasteiger partial charge in [-0.3, -0.25) is 0 Å². The molecule has 0 N–H and O–H groups in total. The van der Waals surface area contributed by atoms with Gasteiger partial charge in [-0.25, -0.2) is 4.39 Å². The minimum atomic E-state index is -0.300. The Bertz CT molecular complexity index is 511. The third kappa shape index (κ3) is 2.61. The van der Waals surface area contributed by atoms with Gasteiger partial charge >= 0.3 is 0 Å². The van der Waals surface area contributed by atoms with Crippen LogP contribution >= 0.6 is 15.9 Å². The lowest BCUT2D eigenvalue weighted by atomic mass is 10.2. The average molecular weight is 281 g/mol. The fourth-order valence-corrected chi connectivity index (χ4v) is 1.59. The van der Waals surface area contributed by atoms with E-state index in [0.29, 0.717) is 11.5 Å². The summed E-state index contributed by atoms with van der Waals surface area (Å²) in [5, 5.41) is 0. The Morgan fingerprint density at radius 3 is 2.50 bits per heavy atom. The fourth-order valence-electron chi connectivity index (χ4n) is 1.35. The summed E-state index contributed by atoms with van der Waals surface area (Å²) in [7, 11) is 0. The third-order valence-corrected chi connectivity index (χ3v) is 3.05. The first-order valence-electron chi connectivity index (χ1n) is 4.85. The minimum absolute atomic E-state index is 0.300. The highest BCUT2D eigenvalue weighted by atomic mass is 79.9. The van der Waals surface area contributed by atoms with E-state index < -0.39 is 0 Å². The van der Waals surface area contributed by atoms with Crippen molar-refractivity contribution >= 4 is 15.9 Å². The van der Waals surface area contributed by atoms with Crippen LogP contribution in [0.2, 0.25) is 0 Å². The summed E-state index contributed by atoms with van der Waals surface area (Å²) >= 11 is 3.41. The second-order valence-corrected chi connectivity index (χ2v) is 4.32. The Morgan fingerprint density at radius 2 is 1.81 bits per heavy atom. The summed E-state index contributed by atoms with van der Waals surface area (Å²) in [6.07, 6.45) is 0. The fraction of sp³-hybridized carbons (Fsp3) is 0.0769. The van der Waals surface area contributed by atoms with Gasteiger partial charge in [-0.2, -0.15) is 0 Å². The van der Waals surface area contributed by atoms with Crippen molar-refractivity contribution in [1.82, 2.24) is 0 Å². The molecule has 1 nitrogen and oxygen atoms in total. The predicted molar refractivity (Wildman–Crippen MR) is 65.4 cm³/mol. The largest absolute Gasteiger partial charge is 0.457 e. The minimum Gasteiger partial charge on any atom is -0.457 e. The second-order valence-electron chi connectivity index (χ2n) is 3.47. The molecule has 0 amide bonds. The van der Waals surface area contributed by atoms with Gasteiger partial charge in [0.15, 0.2) is 0 Å². The molecule has 0 spiro atoms. The van der Waals surface area contributed by atoms with Crippen LogP contribution in [0.4, 0.5) is 4.39 Å². The van der Waals surface area contributed by atoms with Gasteiger partial charge < -0.3 is 4.74 Å². The second kappa shape index (κ2) is 4.66. The first-order chi connectivity index (χ1) is 7.65. The van der Waals surface area contributed by atoms with Crippen molar-refractivity contribution in [3.8, 4) is 11.5 Å². The van der Waals surface area contributed by atoms with Crippen molar-refractivity contribution in [3.63, 3.8) is 0 Å². The smallest absolute Gasteiger partial charge is 0.130 e. The number of benzene rings is 2. The molecule has 2 rings (SSSR count). The maximum Gasteiger partial charge on any atom is 0.130 e. The number of ether oxygens (including phenoxy) is 1. The van der Waals surface area contributed by atoms with E-state index >= 15 is 0 Å². The summed E-state index contributed by atoms with van der Waals surface area (Å²) in [4.78, 5) is 0. The van der Waals surface area contributed by atoms with E-state index in [1.807, 2.05) is 25.1 Å². The van der Waals surface area contributed by atoms with Crippen molar-refractivity contribution in [2.75, 3.05) is 0 Å². The molecule has 2 aromatic rings. The number of hydrogen-bond donors (Lipinski definition) is 0. The van der Waals surface area contributed by atoms with E-state index in [1.165, 1.54) is 12.1 Å². The zero-order chi connectivity index (χ0) is 11.5. The van der Waals surface area contributed by atoms with Crippen molar-refractivity contribution in [2.24, 2.45) is 0 Å². The highest BCUT2D eigenvalue weighted by molar-refractivity contribution is 9.10. The molecule has 0 heterocycles. The molecule has 0 atom stereocenters. The molecule has 0 aliphatic carbocycles. The summed E-state index contributed by atoms with van der Waals surface area (Å²) in [5.74, 6) is 0.902. The molecule has 0 aliphatic heterocycles. The number of rotatable bonds is 2. The van der Waals surface area contributed by atoms with Crippen molar-refractivity contribution in [2.45, 2.75) is 6.92 Å². The molecule has 0 radical (unpaired) electrons. The Balaban J connectivity index is 2.24. The summed E-state index contributed by atoms with van der Waals surface area (Å²) < 4.78 is 19.5. The standard InChI is InChI=1S/C13H10BrFO/c1-9-7-12(5-6-13(9)14)16-11-4-2-3-10(15)8-11/h2-8H,1H3. The lowest BCUT2D eigenvalue weighted by Gasteiger charge is -2.07. The Kier molecular flexibility index (Phi) is 3.25. The van der Waals surface area contributed by atoms with E-state index in [0.717, 1.165) is 10.0 Å². The van der Waals surface area contributed by atoms with Gasteiger partial charge in [0.05, 0.1) is 0 Å². The molecule has 16 heavy (non-hydrogen) atoms. The number of aryl methyl sites for hydroxylation is 1. The molecule has 82 valence electrons. The van der Waals surface area contributed by atoms with Crippen LogP contribution in [0.25, 0.3) is 0 Å². The van der Waals surface area contributed by atoms with Gasteiger partial charge in [0, 0.05) is 10.5 Å². The first kappa shape index (κ1) is 11.1. The Hall–Kier alpha value is -1.35. The van der Waals surface area contributed by atoms with Gasteiger partial charge in [-0.15, -0.1) is 0 Å². The van der Waals surface area contributed by atoms with Crippen LogP contribution < -0.4 is 4.74 Å². The quantitative estimate of drug-likeness (QED) is 0.776. The normalized spacial score (nSPS) is 10.2. The van der Waals surface area contributed by atoms with Gasteiger partial charge in [0.25, 0.3) is 0 Å². The van der Waals surface area contributed by atoms with Crippen molar-refractivity contribution in [3.05, 3.63) is 58.3 Å². The Morgan fingerprint density at radius 1 is 1.06 bits per heavy atom. The van der Waals surface area contributed by atoms with Crippen LogP contribution in [0.5, 0.6) is 11.5 Å². The summed E-state index contributed by atoms with van der Waals surface area (Å²) in [6, 6.07) is 11.7. The molecule has 0 saturated carbocycles. The predicted octanol–water partition coefficient (Wildman–Crippen LogP) is 4.69. The van der Waals surface area contributed by atoms with Crippen molar-refractivity contribution in [1.29, 1.82) is 0 Å². The van der Waals surface area contributed by atoms with E-state index in [4.69, 9.17) is 4.74 Å². The average Bonchev–Trinajstić information content (AvgIpc) is 2.24. The van der Waals surface area contributed by atoms with E-state index in [-0.39, 0.29) is 5.82 Å². The lowest BCUT2D eigenvalue weighted by molar-refractivity contribution is 0.476. The number of hydrogen-bond acceptors (Lipinski definition) is 1. The molecule has 0 saturated heterocycles. The molecule has 2 aromatic carbocycles. The molecule has 0 fully saturated rings. The molecule has 0 bridgehead atoms. The van der Waals surface area contributed by atoms with Crippen LogP contribution in [0.15, 0.2) is 46.9 Å². The maximum atomic E-state index is 12.9. The molecule has 0 aromatic heterocycles. The van der Waals surface area contributed by atoms with Crippen LogP contribution in [-0.2, 0) is 0 Å². The van der Waals surface area contributed by atoms with Crippen LogP contribution in [0.1, 0.15) is 5.56 Å². The lowest BCUT2D eigenvalue weighted by Crippen LogP contribution is -1.86. The number of halogens is 2. The van der Waals surface area contributed by atoms with Gasteiger partial charge in [0.1, 0.15) is 17.3 Å². The maximum absolute atomic E-state index is 12.9. The monoisotopic (exact) mass is 280 g/mol. The van der Waals surface area contributed by atoms with E-state index in [1.54, 1.807) is 12.1 Å². The van der Waals surface area contributed by atoms with Gasteiger partial charge in [-0.1, -0.05) is 22.0 Å². The molecule has 0 aliphatic rings. The van der Waals surface area contributed by atoms with Crippen molar-refractivity contribution < 1.29 is 9.13 Å². The highest BCUT2D eigenvalue weighted by Gasteiger charge is 2.01. The molecular weight excluding hydrogens is 271 g/mol. The van der Waals surface area contributed by atoms with Gasteiger partial charge in [0.2, 0.25) is 0 Å². The first-order valence-corrected chi connectivity index (χ1v) is 5.64. The molecule has 3 heteroatoms. The zero-order valence-electron chi connectivity index (χ0n) is 8.71. The Labute approximate surface area is 102 Å².